The molecule has 0 aliphatic carbocycles. The Morgan fingerprint density at radius 1 is 0.406 bits per heavy atom. The fourth-order valence-corrected chi connectivity index (χ4v) is 6.32. The summed E-state index contributed by atoms with van der Waals surface area (Å²) in [6.07, 6.45) is 0. The zero-order valence-electron chi connectivity index (χ0n) is 18.0. The third-order valence-electron chi connectivity index (χ3n) is 5.41. The molecule has 4 rings (SSSR count). The van der Waals surface area contributed by atoms with Crippen LogP contribution >= 0.6 is 63.7 Å². The summed E-state index contributed by atoms with van der Waals surface area (Å²) < 4.78 is 4.20. The molecule has 0 radical (unpaired) electrons. The van der Waals surface area contributed by atoms with E-state index in [4.69, 9.17) is 0 Å². The fourth-order valence-electron chi connectivity index (χ4n) is 3.73. The van der Waals surface area contributed by atoms with Gasteiger partial charge < -0.3 is 0 Å². The quantitative estimate of drug-likeness (QED) is 0.202. The van der Waals surface area contributed by atoms with E-state index >= 15 is 0 Å². The van der Waals surface area contributed by atoms with Crippen LogP contribution in [0.25, 0.3) is 33.4 Å². The highest BCUT2D eigenvalue weighted by atomic mass is 79.9. The number of rotatable bonds is 3. The van der Waals surface area contributed by atoms with Crippen LogP contribution in [-0.4, -0.2) is 0 Å². The van der Waals surface area contributed by atoms with E-state index in [-0.39, 0.29) is 5.41 Å². The highest BCUT2D eigenvalue weighted by Gasteiger charge is 2.14. The van der Waals surface area contributed by atoms with Crippen molar-refractivity contribution < 1.29 is 0 Å². The van der Waals surface area contributed by atoms with Crippen LogP contribution in [0.15, 0.2) is 96.8 Å². The van der Waals surface area contributed by atoms with E-state index in [1.165, 1.54) is 27.8 Å². The Kier molecular flexibility index (Phi) is 7.17. The predicted molar refractivity (Wildman–Crippen MR) is 152 cm³/mol. The van der Waals surface area contributed by atoms with Crippen molar-refractivity contribution in [3.63, 3.8) is 0 Å². The summed E-state index contributed by atoms with van der Waals surface area (Å²) in [4.78, 5) is 0. The van der Waals surface area contributed by atoms with Gasteiger partial charge in [0.05, 0.1) is 0 Å². The van der Waals surface area contributed by atoms with Crippen molar-refractivity contribution in [3.8, 4) is 33.4 Å². The van der Waals surface area contributed by atoms with Gasteiger partial charge in [0.2, 0.25) is 0 Å². The molecule has 0 nitrogen and oxygen atoms in total. The molecule has 4 aromatic rings. The molecule has 0 N–H and O–H groups in total. The second-order valence-electron chi connectivity index (χ2n) is 8.94. The smallest absolute Gasteiger partial charge is 0.0192 e. The van der Waals surface area contributed by atoms with Gasteiger partial charge in [0.15, 0.2) is 0 Å². The Morgan fingerprint density at radius 2 is 0.719 bits per heavy atom. The summed E-state index contributed by atoms with van der Waals surface area (Å²) in [5.41, 5.74) is 8.56. The van der Waals surface area contributed by atoms with Gasteiger partial charge in [-0.1, -0.05) is 109 Å². The molecule has 0 saturated carbocycles. The third-order valence-corrected chi connectivity index (χ3v) is 7.24. The second kappa shape index (κ2) is 9.58. The van der Waals surface area contributed by atoms with Crippen molar-refractivity contribution in [1.29, 1.82) is 0 Å². The molecule has 0 atom stereocenters. The minimum Gasteiger partial charge on any atom is -0.0579 e. The Balaban J connectivity index is 1.91. The molecule has 0 aromatic heterocycles. The van der Waals surface area contributed by atoms with E-state index in [2.05, 4.69) is 163 Å². The number of hydrogen-bond donors (Lipinski definition) is 0. The fraction of sp³-hybridized carbons (Fsp3) is 0.143. The lowest BCUT2D eigenvalue weighted by Crippen LogP contribution is -2.10. The summed E-state index contributed by atoms with van der Waals surface area (Å²) in [6, 6.07) is 28.5. The van der Waals surface area contributed by atoms with E-state index in [9.17, 15) is 0 Å². The molecule has 0 amide bonds. The largest absolute Gasteiger partial charge is 0.0579 e. The first kappa shape index (κ1) is 23.9. The van der Waals surface area contributed by atoms with Crippen molar-refractivity contribution >= 4 is 63.7 Å². The lowest BCUT2D eigenvalue weighted by molar-refractivity contribution is 0.590. The summed E-state index contributed by atoms with van der Waals surface area (Å²) in [6.45, 7) is 6.74. The first-order valence-corrected chi connectivity index (χ1v) is 13.4. The van der Waals surface area contributed by atoms with E-state index in [1.54, 1.807) is 0 Å². The SMILES string of the molecule is CC(C)(C)c1ccc(-c2cc(-c3cc(Br)cc(Br)c3)cc(-c3cc(Br)cc(Br)c3)c2)cc1. The van der Waals surface area contributed by atoms with E-state index in [0.717, 1.165) is 29.0 Å². The van der Waals surface area contributed by atoms with E-state index < -0.39 is 0 Å². The summed E-state index contributed by atoms with van der Waals surface area (Å²) >= 11 is 14.6. The Bertz CT molecular complexity index is 1170. The first-order valence-electron chi connectivity index (χ1n) is 10.3. The van der Waals surface area contributed by atoms with Crippen LogP contribution in [0, 0.1) is 0 Å². The third kappa shape index (κ3) is 5.64. The van der Waals surface area contributed by atoms with Crippen LogP contribution in [0.4, 0.5) is 0 Å². The first-order chi connectivity index (χ1) is 15.1. The summed E-state index contributed by atoms with van der Waals surface area (Å²) in [5.74, 6) is 0. The van der Waals surface area contributed by atoms with E-state index in [0.29, 0.717) is 0 Å². The predicted octanol–water partition coefficient (Wildman–Crippen LogP) is 11.0. The standard InChI is InChI=1S/C28H22Br4/c1-28(2,3)23-6-4-17(5-7-23)18-8-19(21-11-24(29)15-25(30)12-21)10-20(9-18)22-13-26(31)16-27(32)14-22/h4-16H,1-3H3. The van der Waals surface area contributed by atoms with Gasteiger partial charge in [0.1, 0.15) is 0 Å². The van der Waals surface area contributed by atoms with Crippen molar-refractivity contribution in [2.45, 2.75) is 26.2 Å². The molecular weight excluding hydrogens is 656 g/mol. The maximum absolute atomic E-state index is 3.64. The Hall–Kier alpha value is -1.20. The minimum atomic E-state index is 0.136. The van der Waals surface area contributed by atoms with Crippen LogP contribution in [-0.2, 0) is 5.41 Å². The molecule has 4 aromatic carbocycles. The van der Waals surface area contributed by atoms with Gasteiger partial charge in [-0.25, -0.2) is 0 Å². The van der Waals surface area contributed by atoms with Gasteiger partial charge in [0, 0.05) is 17.9 Å². The molecule has 32 heavy (non-hydrogen) atoms. The van der Waals surface area contributed by atoms with Crippen LogP contribution < -0.4 is 0 Å². The number of hydrogen-bond acceptors (Lipinski definition) is 0. The highest BCUT2D eigenvalue weighted by molar-refractivity contribution is 9.11. The average Bonchev–Trinajstić information content (AvgIpc) is 2.71. The van der Waals surface area contributed by atoms with Crippen molar-refractivity contribution in [1.82, 2.24) is 0 Å². The van der Waals surface area contributed by atoms with Gasteiger partial charge in [-0.15, -0.1) is 0 Å². The zero-order chi connectivity index (χ0) is 23.0. The van der Waals surface area contributed by atoms with Crippen molar-refractivity contribution in [3.05, 3.63) is 102 Å². The number of benzene rings is 4. The summed E-state index contributed by atoms with van der Waals surface area (Å²) in [7, 11) is 0. The normalized spacial score (nSPS) is 11.6. The van der Waals surface area contributed by atoms with Gasteiger partial charge >= 0.3 is 0 Å². The minimum absolute atomic E-state index is 0.136. The van der Waals surface area contributed by atoms with Crippen LogP contribution in [0.3, 0.4) is 0 Å². The lowest BCUT2D eigenvalue weighted by Gasteiger charge is -2.19. The van der Waals surface area contributed by atoms with Gasteiger partial charge in [0.25, 0.3) is 0 Å². The molecule has 0 aliphatic rings. The van der Waals surface area contributed by atoms with Gasteiger partial charge in [-0.2, -0.15) is 0 Å². The monoisotopic (exact) mass is 674 g/mol. The maximum atomic E-state index is 3.64. The van der Waals surface area contributed by atoms with Gasteiger partial charge in [-0.05, 0) is 99.0 Å². The molecule has 0 bridgehead atoms. The molecular formula is C28H22Br4. The molecule has 0 fully saturated rings. The molecule has 162 valence electrons. The highest BCUT2D eigenvalue weighted by Crippen LogP contribution is 2.37. The molecule has 0 heterocycles. The van der Waals surface area contributed by atoms with Crippen LogP contribution in [0.2, 0.25) is 0 Å². The Labute approximate surface area is 224 Å². The van der Waals surface area contributed by atoms with Crippen molar-refractivity contribution in [2.24, 2.45) is 0 Å². The van der Waals surface area contributed by atoms with E-state index in [1.807, 2.05) is 0 Å². The Morgan fingerprint density at radius 3 is 1.06 bits per heavy atom. The topological polar surface area (TPSA) is 0 Å². The number of halogens is 4. The summed E-state index contributed by atoms with van der Waals surface area (Å²) in [5, 5.41) is 0. The lowest BCUT2D eigenvalue weighted by atomic mass is 9.86. The average molecular weight is 678 g/mol. The molecule has 0 aliphatic heterocycles. The molecule has 0 saturated heterocycles. The zero-order valence-corrected chi connectivity index (χ0v) is 24.4. The molecule has 4 heteroatoms. The van der Waals surface area contributed by atoms with Crippen LogP contribution in [0.5, 0.6) is 0 Å². The molecule has 0 spiro atoms. The van der Waals surface area contributed by atoms with Gasteiger partial charge in [-0.3, -0.25) is 0 Å². The second-order valence-corrected chi connectivity index (χ2v) is 12.6. The maximum Gasteiger partial charge on any atom is 0.0192 e. The molecule has 0 unspecified atom stereocenters. The van der Waals surface area contributed by atoms with Crippen LogP contribution in [0.1, 0.15) is 26.3 Å². The van der Waals surface area contributed by atoms with Crippen molar-refractivity contribution in [2.75, 3.05) is 0 Å².